The molecule has 1 aromatic carbocycles. The van der Waals surface area contributed by atoms with Gasteiger partial charge in [0.25, 0.3) is 0 Å². The van der Waals surface area contributed by atoms with Crippen LogP contribution in [0.5, 0.6) is 5.75 Å². The second-order valence-corrected chi connectivity index (χ2v) is 5.20. The quantitative estimate of drug-likeness (QED) is 0.639. The average molecular weight is 263 g/mol. The monoisotopic (exact) mass is 263 g/mol. The van der Waals surface area contributed by atoms with Gasteiger partial charge in [0.1, 0.15) is 5.75 Å². The lowest BCUT2D eigenvalue weighted by Gasteiger charge is -2.12. The summed E-state index contributed by atoms with van der Waals surface area (Å²) in [6, 6.07) is 9.15. The van der Waals surface area contributed by atoms with E-state index in [1.807, 2.05) is 0 Å². The van der Waals surface area contributed by atoms with Crippen LogP contribution in [0.25, 0.3) is 0 Å². The third kappa shape index (κ3) is 7.22. The lowest BCUT2D eigenvalue weighted by molar-refractivity contribution is 0.301. The van der Waals surface area contributed by atoms with E-state index in [9.17, 15) is 0 Å². The summed E-state index contributed by atoms with van der Waals surface area (Å²) in [5, 5.41) is 3.43. The molecule has 1 atom stereocenters. The molecule has 108 valence electrons. The summed E-state index contributed by atoms with van der Waals surface area (Å²) in [7, 11) is 0. The van der Waals surface area contributed by atoms with E-state index in [4.69, 9.17) is 4.74 Å². The molecule has 0 heterocycles. The fourth-order valence-electron chi connectivity index (χ4n) is 2.23. The minimum absolute atomic E-state index is 0.623. The summed E-state index contributed by atoms with van der Waals surface area (Å²) in [4.78, 5) is 0. The fraction of sp³-hybridized carbons (Fsp3) is 0.647. The smallest absolute Gasteiger partial charge is 0.119 e. The molecule has 0 amide bonds. The van der Waals surface area contributed by atoms with Crippen LogP contribution in [0, 0.1) is 0 Å². The molecule has 1 N–H and O–H groups in total. The summed E-state index contributed by atoms with van der Waals surface area (Å²) >= 11 is 0. The number of aryl methyl sites for hydroxylation is 1. The Kier molecular flexibility index (Phi) is 8.31. The van der Waals surface area contributed by atoms with Crippen molar-refractivity contribution < 1.29 is 4.74 Å². The Labute approximate surface area is 118 Å². The second-order valence-electron chi connectivity index (χ2n) is 5.20. The highest BCUT2D eigenvalue weighted by Crippen LogP contribution is 2.14. The predicted octanol–water partition coefficient (Wildman–Crippen LogP) is 4.19. The number of benzene rings is 1. The molecule has 0 aliphatic rings. The summed E-state index contributed by atoms with van der Waals surface area (Å²) in [6.45, 7) is 8.49. The van der Waals surface area contributed by atoms with Crippen molar-refractivity contribution in [2.75, 3.05) is 13.2 Å². The van der Waals surface area contributed by atoms with Gasteiger partial charge in [-0.1, -0.05) is 32.4 Å². The molecule has 0 fully saturated rings. The molecule has 0 saturated carbocycles. The molecular weight excluding hydrogens is 234 g/mol. The molecule has 0 aliphatic heterocycles. The van der Waals surface area contributed by atoms with Gasteiger partial charge >= 0.3 is 0 Å². The SMILES string of the molecule is CCCc1ccc(OCCCCC(C)NCC)cc1. The summed E-state index contributed by atoms with van der Waals surface area (Å²) in [6.07, 6.45) is 5.94. The van der Waals surface area contributed by atoms with Crippen LogP contribution in [0.4, 0.5) is 0 Å². The Morgan fingerprint density at radius 1 is 1.11 bits per heavy atom. The zero-order valence-electron chi connectivity index (χ0n) is 12.7. The second kappa shape index (κ2) is 9.85. The first-order valence-electron chi connectivity index (χ1n) is 7.71. The molecule has 0 bridgehead atoms. The van der Waals surface area contributed by atoms with Gasteiger partial charge < -0.3 is 10.1 Å². The van der Waals surface area contributed by atoms with Gasteiger partial charge in [-0.2, -0.15) is 0 Å². The number of hydrogen-bond donors (Lipinski definition) is 1. The van der Waals surface area contributed by atoms with Gasteiger partial charge in [-0.05, 0) is 56.8 Å². The first kappa shape index (κ1) is 16.0. The highest BCUT2D eigenvalue weighted by Gasteiger charge is 1.99. The maximum absolute atomic E-state index is 5.76. The molecule has 19 heavy (non-hydrogen) atoms. The fourth-order valence-corrected chi connectivity index (χ4v) is 2.23. The molecule has 0 saturated heterocycles. The van der Waals surface area contributed by atoms with Gasteiger partial charge in [-0.3, -0.25) is 0 Å². The number of rotatable bonds is 10. The molecule has 1 rings (SSSR count). The number of ether oxygens (including phenoxy) is 1. The van der Waals surface area contributed by atoms with Gasteiger partial charge in [-0.15, -0.1) is 0 Å². The van der Waals surface area contributed by atoms with Crippen LogP contribution in [0.15, 0.2) is 24.3 Å². The molecule has 2 nitrogen and oxygen atoms in total. The normalized spacial score (nSPS) is 12.4. The highest BCUT2D eigenvalue weighted by molar-refractivity contribution is 5.27. The molecule has 0 radical (unpaired) electrons. The Hall–Kier alpha value is -1.02. The first-order valence-corrected chi connectivity index (χ1v) is 7.71. The van der Waals surface area contributed by atoms with Crippen LogP contribution < -0.4 is 10.1 Å². The minimum atomic E-state index is 0.623. The lowest BCUT2D eigenvalue weighted by atomic mass is 10.1. The van der Waals surface area contributed by atoms with Crippen LogP contribution in [0.3, 0.4) is 0 Å². The van der Waals surface area contributed by atoms with Crippen LogP contribution >= 0.6 is 0 Å². The van der Waals surface area contributed by atoms with E-state index in [-0.39, 0.29) is 0 Å². The van der Waals surface area contributed by atoms with E-state index < -0.39 is 0 Å². The standard InChI is InChI=1S/C17H29NO/c1-4-8-16-10-12-17(13-11-16)19-14-7-6-9-15(3)18-5-2/h10-13,15,18H,4-9,14H2,1-3H3. The maximum Gasteiger partial charge on any atom is 0.119 e. The summed E-state index contributed by atoms with van der Waals surface area (Å²) < 4.78 is 5.76. The molecular formula is C17H29NO. The Morgan fingerprint density at radius 3 is 2.47 bits per heavy atom. The molecule has 0 spiro atoms. The van der Waals surface area contributed by atoms with Crippen LogP contribution in [0.2, 0.25) is 0 Å². The Morgan fingerprint density at radius 2 is 1.84 bits per heavy atom. The lowest BCUT2D eigenvalue weighted by Crippen LogP contribution is -2.25. The van der Waals surface area contributed by atoms with E-state index in [1.54, 1.807) is 0 Å². The van der Waals surface area contributed by atoms with E-state index in [0.717, 1.165) is 31.7 Å². The van der Waals surface area contributed by atoms with Crippen molar-refractivity contribution in [3.63, 3.8) is 0 Å². The predicted molar refractivity (Wildman–Crippen MR) is 82.9 cm³/mol. The Balaban J connectivity index is 2.12. The third-order valence-electron chi connectivity index (χ3n) is 3.31. The Bertz CT molecular complexity index is 321. The van der Waals surface area contributed by atoms with E-state index in [0.29, 0.717) is 6.04 Å². The van der Waals surface area contributed by atoms with Crippen molar-refractivity contribution in [2.45, 2.75) is 58.9 Å². The number of unbranched alkanes of at least 4 members (excludes halogenated alkanes) is 1. The van der Waals surface area contributed by atoms with Crippen molar-refractivity contribution >= 4 is 0 Å². The van der Waals surface area contributed by atoms with Crippen molar-refractivity contribution in [1.82, 2.24) is 5.32 Å². The first-order chi connectivity index (χ1) is 9.26. The molecule has 2 heteroatoms. The van der Waals surface area contributed by atoms with Gasteiger partial charge in [0.05, 0.1) is 6.61 Å². The molecule has 0 aromatic heterocycles. The molecule has 1 aromatic rings. The van der Waals surface area contributed by atoms with Crippen molar-refractivity contribution in [2.24, 2.45) is 0 Å². The number of hydrogen-bond acceptors (Lipinski definition) is 2. The zero-order chi connectivity index (χ0) is 13.9. The van der Waals surface area contributed by atoms with Crippen molar-refractivity contribution in [1.29, 1.82) is 0 Å². The molecule has 1 unspecified atom stereocenters. The largest absolute Gasteiger partial charge is 0.494 e. The van der Waals surface area contributed by atoms with Crippen LogP contribution in [0.1, 0.15) is 52.0 Å². The summed E-state index contributed by atoms with van der Waals surface area (Å²) in [5.74, 6) is 1.000. The average Bonchev–Trinajstić information content (AvgIpc) is 2.41. The van der Waals surface area contributed by atoms with E-state index >= 15 is 0 Å². The topological polar surface area (TPSA) is 21.3 Å². The van der Waals surface area contributed by atoms with Crippen molar-refractivity contribution in [3.05, 3.63) is 29.8 Å². The minimum Gasteiger partial charge on any atom is -0.494 e. The van der Waals surface area contributed by atoms with Gasteiger partial charge in [0.15, 0.2) is 0 Å². The highest BCUT2D eigenvalue weighted by atomic mass is 16.5. The summed E-state index contributed by atoms with van der Waals surface area (Å²) in [5.41, 5.74) is 1.40. The van der Waals surface area contributed by atoms with E-state index in [2.05, 4.69) is 50.4 Å². The van der Waals surface area contributed by atoms with Crippen LogP contribution in [-0.2, 0) is 6.42 Å². The van der Waals surface area contributed by atoms with E-state index in [1.165, 1.54) is 24.8 Å². The van der Waals surface area contributed by atoms with Gasteiger partial charge in [0.2, 0.25) is 0 Å². The molecule has 0 aliphatic carbocycles. The zero-order valence-corrected chi connectivity index (χ0v) is 12.7. The third-order valence-corrected chi connectivity index (χ3v) is 3.31. The van der Waals surface area contributed by atoms with Gasteiger partial charge in [-0.25, -0.2) is 0 Å². The number of nitrogens with one attached hydrogen (secondary N) is 1. The van der Waals surface area contributed by atoms with Gasteiger partial charge in [0, 0.05) is 6.04 Å². The van der Waals surface area contributed by atoms with Crippen molar-refractivity contribution in [3.8, 4) is 5.75 Å². The maximum atomic E-state index is 5.76. The van der Waals surface area contributed by atoms with Crippen LogP contribution in [-0.4, -0.2) is 19.2 Å².